The third kappa shape index (κ3) is 3.46. The highest BCUT2D eigenvalue weighted by molar-refractivity contribution is 7.13. The van der Waals surface area contributed by atoms with Crippen LogP contribution in [0.5, 0.6) is 11.5 Å². The lowest BCUT2D eigenvalue weighted by atomic mass is 10.1. The molecule has 2 heterocycles. The standard InChI is InChI=1S/C17H21N3O3S/c1-3-23-15-12-13(4-5-14(15)22-2)16(21)19-7-9-20(10-8-19)17-18-6-11-24-17/h4-6,11-12H,3,7-10H2,1-2H3. The zero-order chi connectivity index (χ0) is 16.9. The van der Waals surface area contributed by atoms with E-state index in [0.717, 1.165) is 18.2 Å². The number of hydrogen-bond donors (Lipinski definition) is 0. The molecule has 1 aromatic heterocycles. The molecular formula is C17H21N3O3S. The van der Waals surface area contributed by atoms with Gasteiger partial charge in [0.15, 0.2) is 16.6 Å². The molecule has 1 aromatic carbocycles. The molecular weight excluding hydrogens is 326 g/mol. The zero-order valence-corrected chi connectivity index (χ0v) is 14.7. The molecule has 0 aliphatic carbocycles. The predicted molar refractivity (Wildman–Crippen MR) is 94.4 cm³/mol. The second-order valence-electron chi connectivity index (χ2n) is 5.39. The van der Waals surface area contributed by atoms with Crippen LogP contribution in [-0.4, -0.2) is 55.7 Å². The summed E-state index contributed by atoms with van der Waals surface area (Å²) in [6.07, 6.45) is 1.81. The first kappa shape index (κ1) is 16.6. The summed E-state index contributed by atoms with van der Waals surface area (Å²) in [4.78, 5) is 21.2. The molecule has 0 atom stereocenters. The van der Waals surface area contributed by atoms with E-state index in [2.05, 4.69) is 9.88 Å². The van der Waals surface area contributed by atoms with Gasteiger partial charge in [0, 0.05) is 43.3 Å². The summed E-state index contributed by atoms with van der Waals surface area (Å²) in [6, 6.07) is 5.33. The molecule has 0 N–H and O–H groups in total. The summed E-state index contributed by atoms with van der Waals surface area (Å²) in [5.41, 5.74) is 0.627. The van der Waals surface area contributed by atoms with Crippen molar-refractivity contribution < 1.29 is 14.3 Å². The fourth-order valence-corrected chi connectivity index (χ4v) is 3.43. The fraction of sp³-hybridized carbons (Fsp3) is 0.412. The average Bonchev–Trinajstić information content (AvgIpc) is 3.16. The SMILES string of the molecule is CCOc1cc(C(=O)N2CCN(c3nccs3)CC2)ccc1OC. The average molecular weight is 347 g/mol. The Balaban J connectivity index is 1.68. The van der Waals surface area contributed by atoms with Crippen LogP contribution in [0.15, 0.2) is 29.8 Å². The number of aromatic nitrogens is 1. The van der Waals surface area contributed by atoms with Crippen LogP contribution in [0.25, 0.3) is 0 Å². The number of benzene rings is 1. The van der Waals surface area contributed by atoms with Crippen molar-refractivity contribution in [2.75, 3.05) is 44.8 Å². The van der Waals surface area contributed by atoms with Crippen molar-refractivity contribution in [1.29, 1.82) is 0 Å². The van der Waals surface area contributed by atoms with Gasteiger partial charge in [-0.25, -0.2) is 4.98 Å². The van der Waals surface area contributed by atoms with Gasteiger partial charge in [-0.05, 0) is 25.1 Å². The molecule has 7 heteroatoms. The van der Waals surface area contributed by atoms with Crippen LogP contribution >= 0.6 is 11.3 Å². The second kappa shape index (κ2) is 7.53. The Morgan fingerprint density at radius 2 is 2.04 bits per heavy atom. The number of nitrogens with zero attached hydrogens (tertiary/aromatic N) is 3. The molecule has 0 radical (unpaired) electrons. The smallest absolute Gasteiger partial charge is 0.254 e. The minimum Gasteiger partial charge on any atom is -0.493 e. The van der Waals surface area contributed by atoms with Crippen LogP contribution in [0.4, 0.5) is 5.13 Å². The number of anilines is 1. The van der Waals surface area contributed by atoms with Gasteiger partial charge in [-0.3, -0.25) is 4.79 Å². The van der Waals surface area contributed by atoms with Gasteiger partial charge < -0.3 is 19.3 Å². The van der Waals surface area contributed by atoms with Crippen LogP contribution < -0.4 is 14.4 Å². The molecule has 1 aliphatic rings. The summed E-state index contributed by atoms with van der Waals surface area (Å²) < 4.78 is 10.8. The van der Waals surface area contributed by atoms with Gasteiger partial charge in [-0.2, -0.15) is 0 Å². The van der Waals surface area contributed by atoms with E-state index in [1.165, 1.54) is 0 Å². The molecule has 1 aliphatic heterocycles. The van der Waals surface area contributed by atoms with Crippen LogP contribution in [-0.2, 0) is 0 Å². The van der Waals surface area contributed by atoms with E-state index in [1.807, 2.05) is 23.4 Å². The van der Waals surface area contributed by atoms with Gasteiger partial charge in [-0.15, -0.1) is 11.3 Å². The number of carbonyl (C=O) groups excluding carboxylic acids is 1. The van der Waals surface area contributed by atoms with Crippen LogP contribution in [0.3, 0.4) is 0 Å². The molecule has 1 fully saturated rings. The second-order valence-corrected chi connectivity index (χ2v) is 6.27. The number of carbonyl (C=O) groups is 1. The Labute approximate surface area is 145 Å². The molecule has 6 nitrogen and oxygen atoms in total. The normalized spacial score (nSPS) is 14.6. The van der Waals surface area contributed by atoms with Crippen LogP contribution in [0.1, 0.15) is 17.3 Å². The van der Waals surface area contributed by atoms with Crippen molar-refractivity contribution in [3.8, 4) is 11.5 Å². The molecule has 1 amide bonds. The molecule has 24 heavy (non-hydrogen) atoms. The summed E-state index contributed by atoms with van der Waals surface area (Å²) in [5.74, 6) is 1.27. The van der Waals surface area contributed by atoms with E-state index >= 15 is 0 Å². The number of rotatable bonds is 5. The quantitative estimate of drug-likeness (QED) is 0.832. The summed E-state index contributed by atoms with van der Waals surface area (Å²) in [5, 5.41) is 2.99. The maximum absolute atomic E-state index is 12.7. The number of amides is 1. The largest absolute Gasteiger partial charge is 0.493 e. The van der Waals surface area contributed by atoms with Crippen molar-refractivity contribution in [2.24, 2.45) is 0 Å². The van der Waals surface area contributed by atoms with Crippen LogP contribution in [0, 0.1) is 0 Å². The van der Waals surface area contributed by atoms with Gasteiger partial charge in [0.2, 0.25) is 0 Å². The minimum absolute atomic E-state index is 0.0254. The molecule has 1 saturated heterocycles. The summed E-state index contributed by atoms with van der Waals surface area (Å²) in [7, 11) is 1.59. The lowest BCUT2D eigenvalue weighted by Gasteiger charge is -2.34. The van der Waals surface area contributed by atoms with Crippen molar-refractivity contribution >= 4 is 22.4 Å². The first-order chi connectivity index (χ1) is 11.7. The van der Waals surface area contributed by atoms with E-state index in [-0.39, 0.29) is 5.91 Å². The first-order valence-corrected chi connectivity index (χ1v) is 8.85. The summed E-state index contributed by atoms with van der Waals surface area (Å²) >= 11 is 1.63. The van der Waals surface area contributed by atoms with Crippen molar-refractivity contribution in [1.82, 2.24) is 9.88 Å². The predicted octanol–water partition coefficient (Wildman–Crippen LogP) is 2.51. The Morgan fingerprint density at radius 3 is 2.67 bits per heavy atom. The number of hydrogen-bond acceptors (Lipinski definition) is 6. The highest BCUT2D eigenvalue weighted by Crippen LogP contribution is 2.29. The van der Waals surface area contributed by atoms with E-state index in [0.29, 0.717) is 36.8 Å². The molecule has 128 valence electrons. The maximum Gasteiger partial charge on any atom is 0.254 e. The molecule has 0 bridgehead atoms. The monoisotopic (exact) mass is 347 g/mol. The number of methoxy groups -OCH3 is 1. The molecule has 3 rings (SSSR count). The molecule has 2 aromatic rings. The Morgan fingerprint density at radius 1 is 1.25 bits per heavy atom. The van der Waals surface area contributed by atoms with Crippen molar-refractivity contribution in [3.05, 3.63) is 35.3 Å². The Hall–Kier alpha value is -2.28. The van der Waals surface area contributed by atoms with Gasteiger partial charge in [-0.1, -0.05) is 0 Å². The van der Waals surface area contributed by atoms with Crippen molar-refractivity contribution in [2.45, 2.75) is 6.92 Å². The van der Waals surface area contributed by atoms with E-state index in [1.54, 1.807) is 36.6 Å². The topological polar surface area (TPSA) is 54.9 Å². The van der Waals surface area contributed by atoms with E-state index in [4.69, 9.17) is 9.47 Å². The lowest BCUT2D eigenvalue weighted by molar-refractivity contribution is 0.0746. The maximum atomic E-state index is 12.7. The number of ether oxygens (including phenoxy) is 2. The van der Waals surface area contributed by atoms with Gasteiger partial charge in [0.05, 0.1) is 13.7 Å². The molecule has 0 saturated carbocycles. The molecule has 0 unspecified atom stereocenters. The lowest BCUT2D eigenvalue weighted by Crippen LogP contribution is -2.48. The van der Waals surface area contributed by atoms with Gasteiger partial charge >= 0.3 is 0 Å². The number of thiazole rings is 1. The third-order valence-corrected chi connectivity index (χ3v) is 4.80. The molecule has 0 spiro atoms. The highest BCUT2D eigenvalue weighted by atomic mass is 32.1. The van der Waals surface area contributed by atoms with Crippen LogP contribution in [0.2, 0.25) is 0 Å². The number of piperazine rings is 1. The zero-order valence-electron chi connectivity index (χ0n) is 13.9. The van der Waals surface area contributed by atoms with E-state index < -0.39 is 0 Å². The minimum atomic E-state index is 0.0254. The highest BCUT2D eigenvalue weighted by Gasteiger charge is 2.24. The summed E-state index contributed by atoms with van der Waals surface area (Å²) in [6.45, 7) is 5.41. The first-order valence-electron chi connectivity index (χ1n) is 7.97. The Kier molecular flexibility index (Phi) is 5.20. The van der Waals surface area contributed by atoms with E-state index in [9.17, 15) is 4.79 Å². The Bertz CT molecular complexity index is 682. The van der Waals surface area contributed by atoms with Gasteiger partial charge in [0.25, 0.3) is 5.91 Å². The van der Waals surface area contributed by atoms with Crippen molar-refractivity contribution in [3.63, 3.8) is 0 Å². The third-order valence-electron chi connectivity index (χ3n) is 3.97. The fourth-order valence-electron chi connectivity index (χ4n) is 2.73. The van der Waals surface area contributed by atoms with Gasteiger partial charge in [0.1, 0.15) is 0 Å².